The first-order valence-electron chi connectivity index (χ1n) is 14.9. The fraction of sp³-hybridized carbons (Fsp3) is 0.205. The monoisotopic (exact) mass is 543 g/mol. The second-order valence-corrected chi connectivity index (χ2v) is 12.9. The Kier molecular flexibility index (Phi) is 5.34. The standard InChI is InChI=1S/C39H33N3/c1-38(2)31-19-11-9-16-28(31)34-29(17-12-20-32(34)38)37-41-35(24-13-6-5-7-14-24)40-36(42-37)25-21-22-27-26-15-8-10-18-30(26)39(3,4)33(27)23-25/h5-23,28,31H,1-4H3. The first-order chi connectivity index (χ1) is 20.3. The minimum absolute atomic E-state index is 0.0238. The lowest BCUT2D eigenvalue weighted by Crippen LogP contribution is -2.24. The van der Waals surface area contributed by atoms with Gasteiger partial charge >= 0.3 is 0 Å². The van der Waals surface area contributed by atoms with Crippen LogP contribution >= 0.6 is 0 Å². The van der Waals surface area contributed by atoms with E-state index in [1.165, 1.54) is 33.4 Å². The van der Waals surface area contributed by atoms with Gasteiger partial charge in [-0.15, -0.1) is 0 Å². The van der Waals surface area contributed by atoms with E-state index in [0.717, 1.165) is 22.5 Å². The molecule has 42 heavy (non-hydrogen) atoms. The summed E-state index contributed by atoms with van der Waals surface area (Å²) in [6, 6.07) is 32.4. The molecule has 0 radical (unpaired) electrons. The van der Waals surface area contributed by atoms with Crippen LogP contribution in [0.1, 0.15) is 55.9 Å². The predicted molar refractivity (Wildman–Crippen MR) is 171 cm³/mol. The van der Waals surface area contributed by atoms with Crippen LogP contribution in [0.15, 0.2) is 115 Å². The van der Waals surface area contributed by atoms with Gasteiger partial charge in [0.2, 0.25) is 0 Å². The smallest absolute Gasteiger partial charge is 0.164 e. The molecule has 1 aromatic heterocycles. The molecule has 4 aromatic carbocycles. The fourth-order valence-electron chi connectivity index (χ4n) is 7.62. The SMILES string of the molecule is CC1(C)c2ccccc2-c2ccc(-c3nc(-c4ccccc4)nc(-c4cccc5c4C4C=CC=CC4C5(C)C)n3)cc21. The third kappa shape index (κ3) is 3.56. The van der Waals surface area contributed by atoms with Crippen molar-refractivity contribution in [2.45, 2.75) is 44.4 Å². The average molecular weight is 544 g/mol. The van der Waals surface area contributed by atoms with Crippen LogP contribution in [0, 0.1) is 5.92 Å². The second-order valence-electron chi connectivity index (χ2n) is 12.9. The summed E-state index contributed by atoms with van der Waals surface area (Å²) in [5.74, 6) is 2.85. The molecule has 5 aromatic rings. The lowest BCUT2D eigenvalue weighted by molar-refractivity contribution is 0.394. The Hall–Kier alpha value is -4.63. The molecule has 2 unspecified atom stereocenters. The summed E-state index contributed by atoms with van der Waals surface area (Å²) in [6.45, 7) is 9.35. The minimum atomic E-state index is -0.0955. The van der Waals surface area contributed by atoms with Crippen LogP contribution in [0.4, 0.5) is 0 Å². The maximum Gasteiger partial charge on any atom is 0.164 e. The Morgan fingerprint density at radius 1 is 0.524 bits per heavy atom. The van der Waals surface area contributed by atoms with Gasteiger partial charge in [0.1, 0.15) is 0 Å². The van der Waals surface area contributed by atoms with E-state index in [1.54, 1.807) is 0 Å². The molecule has 0 N–H and O–H groups in total. The van der Waals surface area contributed by atoms with Crippen LogP contribution in [0.3, 0.4) is 0 Å². The number of allylic oxidation sites excluding steroid dienone is 4. The van der Waals surface area contributed by atoms with Crippen LogP contribution in [-0.2, 0) is 10.8 Å². The Morgan fingerprint density at radius 3 is 2.00 bits per heavy atom. The van der Waals surface area contributed by atoms with E-state index >= 15 is 0 Å². The first kappa shape index (κ1) is 25.1. The quantitative estimate of drug-likeness (QED) is 0.228. The average Bonchev–Trinajstić information content (AvgIpc) is 3.41. The first-order valence-corrected chi connectivity index (χ1v) is 14.9. The van der Waals surface area contributed by atoms with Gasteiger partial charge in [-0.2, -0.15) is 0 Å². The highest BCUT2D eigenvalue weighted by atomic mass is 15.0. The Bertz CT molecular complexity index is 1940. The molecule has 3 aliphatic rings. The number of fused-ring (bicyclic) bond motifs is 6. The van der Waals surface area contributed by atoms with E-state index in [0.29, 0.717) is 23.5 Å². The molecule has 2 atom stereocenters. The third-order valence-corrected chi connectivity index (χ3v) is 9.85. The highest BCUT2D eigenvalue weighted by Crippen LogP contribution is 2.55. The summed E-state index contributed by atoms with van der Waals surface area (Å²) in [7, 11) is 0. The molecule has 3 aliphatic carbocycles. The fourth-order valence-corrected chi connectivity index (χ4v) is 7.62. The number of rotatable bonds is 3. The van der Waals surface area contributed by atoms with Crippen molar-refractivity contribution in [3.63, 3.8) is 0 Å². The van der Waals surface area contributed by atoms with Crippen molar-refractivity contribution in [1.29, 1.82) is 0 Å². The molecule has 3 nitrogen and oxygen atoms in total. The highest BCUT2D eigenvalue weighted by Gasteiger charge is 2.46. The Morgan fingerprint density at radius 2 is 1.17 bits per heavy atom. The van der Waals surface area contributed by atoms with Crippen molar-refractivity contribution in [3.05, 3.63) is 138 Å². The van der Waals surface area contributed by atoms with Gasteiger partial charge in [0.25, 0.3) is 0 Å². The Balaban J connectivity index is 1.34. The number of nitrogens with zero attached hydrogens (tertiary/aromatic N) is 3. The molecule has 204 valence electrons. The van der Waals surface area contributed by atoms with Crippen molar-refractivity contribution < 1.29 is 0 Å². The molecule has 0 spiro atoms. The molecule has 8 rings (SSSR count). The number of hydrogen-bond donors (Lipinski definition) is 0. The van der Waals surface area contributed by atoms with E-state index in [9.17, 15) is 0 Å². The largest absolute Gasteiger partial charge is 0.208 e. The van der Waals surface area contributed by atoms with Crippen molar-refractivity contribution in [3.8, 4) is 45.3 Å². The zero-order valence-corrected chi connectivity index (χ0v) is 24.5. The summed E-state index contributed by atoms with van der Waals surface area (Å²) in [6.07, 6.45) is 9.09. The van der Waals surface area contributed by atoms with E-state index < -0.39 is 0 Å². The lowest BCUT2D eigenvalue weighted by atomic mass is 9.74. The van der Waals surface area contributed by atoms with Gasteiger partial charge in [-0.3, -0.25) is 0 Å². The van der Waals surface area contributed by atoms with Gasteiger partial charge in [0.05, 0.1) is 0 Å². The molecule has 0 amide bonds. The summed E-state index contributed by atoms with van der Waals surface area (Å²) >= 11 is 0. The zero-order chi connectivity index (χ0) is 28.6. The number of benzene rings is 4. The third-order valence-electron chi connectivity index (χ3n) is 9.85. The normalized spacial score (nSPS) is 20.1. The summed E-state index contributed by atoms with van der Waals surface area (Å²) in [5.41, 5.74) is 11.0. The molecular formula is C39H33N3. The summed E-state index contributed by atoms with van der Waals surface area (Å²) in [5, 5.41) is 0. The summed E-state index contributed by atoms with van der Waals surface area (Å²) < 4.78 is 0. The van der Waals surface area contributed by atoms with E-state index in [4.69, 9.17) is 15.0 Å². The van der Waals surface area contributed by atoms with Gasteiger partial charge in [0.15, 0.2) is 17.5 Å². The highest BCUT2D eigenvalue weighted by molar-refractivity contribution is 5.83. The minimum Gasteiger partial charge on any atom is -0.208 e. The van der Waals surface area contributed by atoms with Crippen molar-refractivity contribution in [2.24, 2.45) is 5.92 Å². The molecule has 1 heterocycles. The molecule has 0 aliphatic heterocycles. The lowest BCUT2D eigenvalue weighted by Gasteiger charge is -2.29. The molecule has 0 fully saturated rings. The van der Waals surface area contributed by atoms with Crippen LogP contribution in [0.5, 0.6) is 0 Å². The molecule has 0 bridgehead atoms. The van der Waals surface area contributed by atoms with Gasteiger partial charge in [-0.1, -0.05) is 137 Å². The number of hydrogen-bond acceptors (Lipinski definition) is 3. The van der Waals surface area contributed by atoms with Crippen molar-refractivity contribution >= 4 is 0 Å². The summed E-state index contributed by atoms with van der Waals surface area (Å²) in [4.78, 5) is 15.4. The van der Waals surface area contributed by atoms with Crippen LogP contribution in [0.2, 0.25) is 0 Å². The molecule has 0 saturated carbocycles. The molecule has 3 heteroatoms. The topological polar surface area (TPSA) is 38.7 Å². The van der Waals surface area contributed by atoms with Gasteiger partial charge in [-0.05, 0) is 50.8 Å². The van der Waals surface area contributed by atoms with E-state index in [-0.39, 0.29) is 10.8 Å². The van der Waals surface area contributed by atoms with Crippen LogP contribution < -0.4 is 0 Å². The molecular weight excluding hydrogens is 510 g/mol. The van der Waals surface area contributed by atoms with Gasteiger partial charge in [0, 0.05) is 28.0 Å². The zero-order valence-electron chi connectivity index (χ0n) is 24.5. The maximum absolute atomic E-state index is 5.22. The van der Waals surface area contributed by atoms with E-state index in [2.05, 4.69) is 125 Å². The molecule has 0 saturated heterocycles. The van der Waals surface area contributed by atoms with Crippen molar-refractivity contribution in [1.82, 2.24) is 15.0 Å². The van der Waals surface area contributed by atoms with E-state index in [1.807, 2.05) is 18.2 Å². The predicted octanol–water partition coefficient (Wildman–Crippen LogP) is 9.30. The number of aromatic nitrogens is 3. The second kappa shape index (κ2) is 8.93. The van der Waals surface area contributed by atoms with Crippen molar-refractivity contribution in [2.75, 3.05) is 0 Å². The van der Waals surface area contributed by atoms with Gasteiger partial charge in [-0.25, -0.2) is 15.0 Å². The maximum atomic E-state index is 5.22. The van der Waals surface area contributed by atoms with Crippen LogP contribution in [-0.4, -0.2) is 15.0 Å². The Labute approximate surface area is 247 Å². The van der Waals surface area contributed by atoms with Gasteiger partial charge < -0.3 is 0 Å². The van der Waals surface area contributed by atoms with Crippen LogP contribution in [0.25, 0.3) is 45.3 Å².